The monoisotopic (exact) mass is 416 g/mol. The number of hydrogen-bond donors (Lipinski definition) is 1. The lowest BCUT2D eigenvalue weighted by atomic mass is 10.2. The maximum atomic E-state index is 12.8. The molecule has 2 aromatic carbocycles. The summed E-state index contributed by atoms with van der Waals surface area (Å²) in [5.74, 6) is -1.11. The molecule has 0 aliphatic rings. The van der Waals surface area contributed by atoms with E-state index < -0.39 is 28.0 Å². The van der Waals surface area contributed by atoms with Crippen LogP contribution in [0.15, 0.2) is 66.1 Å². The molecular formula is C21H24N2O5S. The first-order valence-corrected chi connectivity index (χ1v) is 10.4. The standard InChI is InChI=1S/C21H24N2O5S/c1-5-14-22-20(24)16(3)28-21(25)17-8-10-18(11-9-17)23(4)29(26,27)19-12-6-15(2)7-13-19/h5-13,16H,1,14H2,2-4H3,(H,22,24)/t16-/m0/s1. The Morgan fingerprint density at radius 2 is 1.72 bits per heavy atom. The molecule has 29 heavy (non-hydrogen) atoms. The topological polar surface area (TPSA) is 92.8 Å². The average Bonchev–Trinajstić information content (AvgIpc) is 2.71. The van der Waals surface area contributed by atoms with Crippen molar-refractivity contribution in [3.05, 3.63) is 72.3 Å². The highest BCUT2D eigenvalue weighted by atomic mass is 32.2. The Labute approximate surface area is 171 Å². The van der Waals surface area contributed by atoms with Gasteiger partial charge in [0.15, 0.2) is 6.10 Å². The van der Waals surface area contributed by atoms with Gasteiger partial charge in [0.1, 0.15) is 0 Å². The number of hydrogen-bond acceptors (Lipinski definition) is 5. The van der Waals surface area contributed by atoms with Crippen LogP contribution in [0.2, 0.25) is 0 Å². The van der Waals surface area contributed by atoms with Crippen molar-refractivity contribution in [2.75, 3.05) is 17.9 Å². The van der Waals surface area contributed by atoms with E-state index >= 15 is 0 Å². The van der Waals surface area contributed by atoms with Crippen molar-refractivity contribution in [1.82, 2.24) is 5.32 Å². The summed E-state index contributed by atoms with van der Waals surface area (Å²) < 4.78 is 31.8. The summed E-state index contributed by atoms with van der Waals surface area (Å²) >= 11 is 0. The quantitative estimate of drug-likeness (QED) is 0.528. The summed E-state index contributed by atoms with van der Waals surface area (Å²) in [6.07, 6.45) is 0.554. The minimum Gasteiger partial charge on any atom is -0.449 e. The number of aryl methyl sites for hydroxylation is 1. The third-order valence-electron chi connectivity index (χ3n) is 4.22. The second kappa shape index (κ2) is 9.38. The van der Waals surface area contributed by atoms with Crippen LogP contribution in [0.4, 0.5) is 5.69 Å². The molecule has 0 bridgehead atoms. The Kier molecular flexibility index (Phi) is 7.17. The van der Waals surface area contributed by atoms with Crippen molar-refractivity contribution in [3.63, 3.8) is 0 Å². The third-order valence-corrected chi connectivity index (χ3v) is 6.02. The lowest BCUT2D eigenvalue weighted by molar-refractivity contribution is -0.128. The van der Waals surface area contributed by atoms with Crippen molar-refractivity contribution < 1.29 is 22.7 Å². The van der Waals surface area contributed by atoms with Crippen molar-refractivity contribution in [2.24, 2.45) is 0 Å². The van der Waals surface area contributed by atoms with Gasteiger partial charge in [-0.3, -0.25) is 9.10 Å². The maximum Gasteiger partial charge on any atom is 0.338 e. The summed E-state index contributed by atoms with van der Waals surface area (Å²) in [6, 6.07) is 12.5. The van der Waals surface area contributed by atoms with Gasteiger partial charge in [0, 0.05) is 13.6 Å². The zero-order valence-electron chi connectivity index (χ0n) is 16.6. The molecule has 0 unspecified atom stereocenters. The number of carbonyl (C=O) groups is 2. The highest BCUT2D eigenvalue weighted by Crippen LogP contribution is 2.23. The summed E-state index contributed by atoms with van der Waals surface area (Å²) in [5, 5.41) is 2.54. The minimum absolute atomic E-state index is 0.174. The van der Waals surface area contributed by atoms with Gasteiger partial charge in [-0.15, -0.1) is 6.58 Å². The van der Waals surface area contributed by atoms with Gasteiger partial charge in [0.05, 0.1) is 16.1 Å². The second-order valence-corrected chi connectivity index (χ2v) is 8.38. The lowest BCUT2D eigenvalue weighted by Crippen LogP contribution is -2.35. The molecule has 0 fully saturated rings. The third kappa shape index (κ3) is 5.45. The Bertz CT molecular complexity index is 983. The molecule has 1 amide bonds. The van der Waals surface area contributed by atoms with E-state index in [1.807, 2.05) is 6.92 Å². The molecule has 0 saturated carbocycles. The van der Waals surface area contributed by atoms with E-state index in [0.717, 1.165) is 9.87 Å². The van der Waals surface area contributed by atoms with Gasteiger partial charge < -0.3 is 10.1 Å². The van der Waals surface area contributed by atoms with E-state index in [-0.39, 0.29) is 17.0 Å². The second-order valence-electron chi connectivity index (χ2n) is 6.41. The van der Waals surface area contributed by atoms with Crippen LogP contribution in [0.1, 0.15) is 22.8 Å². The number of amides is 1. The Morgan fingerprint density at radius 1 is 1.14 bits per heavy atom. The van der Waals surface area contributed by atoms with Crippen molar-refractivity contribution in [3.8, 4) is 0 Å². The number of esters is 1. The molecule has 0 aromatic heterocycles. The summed E-state index contributed by atoms with van der Waals surface area (Å²) in [4.78, 5) is 24.2. The molecule has 0 saturated heterocycles. The molecule has 0 aliphatic carbocycles. The number of ether oxygens (including phenoxy) is 1. The number of sulfonamides is 1. The zero-order chi connectivity index (χ0) is 21.6. The number of nitrogens with zero attached hydrogens (tertiary/aromatic N) is 1. The summed E-state index contributed by atoms with van der Waals surface area (Å²) in [7, 11) is -2.29. The normalized spacial score (nSPS) is 12.0. The van der Waals surface area contributed by atoms with Crippen LogP contribution in [0.25, 0.3) is 0 Å². The van der Waals surface area contributed by atoms with Gasteiger partial charge in [-0.2, -0.15) is 0 Å². The van der Waals surface area contributed by atoms with E-state index in [2.05, 4.69) is 11.9 Å². The lowest BCUT2D eigenvalue weighted by Gasteiger charge is -2.20. The fourth-order valence-electron chi connectivity index (χ4n) is 2.41. The van der Waals surface area contributed by atoms with Gasteiger partial charge in [-0.25, -0.2) is 13.2 Å². The van der Waals surface area contributed by atoms with E-state index in [0.29, 0.717) is 5.69 Å². The predicted octanol–water partition coefficient (Wildman–Crippen LogP) is 2.67. The van der Waals surface area contributed by atoms with Crippen LogP contribution in [-0.4, -0.2) is 40.0 Å². The first-order valence-electron chi connectivity index (χ1n) is 8.92. The van der Waals surface area contributed by atoms with Crippen LogP contribution in [0.3, 0.4) is 0 Å². The van der Waals surface area contributed by atoms with Gasteiger partial charge in [-0.1, -0.05) is 23.8 Å². The predicted molar refractivity (Wildman–Crippen MR) is 111 cm³/mol. The fourth-order valence-corrected chi connectivity index (χ4v) is 3.61. The molecule has 0 spiro atoms. The molecular weight excluding hydrogens is 392 g/mol. The molecule has 2 rings (SSSR count). The van der Waals surface area contributed by atoms with Crippen LogP contribution in [0, 0.1) is 6.92 Å². The zero-order valence-corrected chi connectivity index (χ0v) is 17.4. The van der Waals surface area contributed by atoms with Crippen molar-refractivity contribution in [2.45, 2.75) is 24.8 Å². The number of rotatable bonds is 8. The highest BCUT2D eigenvalue weighted by molar-refractivity contribution is 7.92. The first-order chi connectivity index (χ1) is 13.7. The highest BCUT2D eigenvalue weighted by Gasteiger charge is 2.22. The van der Waals surface area contributed by atoms with E-state index in [1.54, 1.807) is 24.3 Å². The molecule has 8 heteroatoms. The molecule has 7 nitrogen and oxygen atoms in total. The van der Waals surface area contributed by atoms with Crippen LogP contribution < -0.4 is 9.62 Å². The number of carbonyl (C=O) groups excluding carboxylic acids is 2. The smallest absolute Gasteiger partial charge is 0.338 e. The van der Waals surface area contributed by atoms with Crippen molar-refractivity contribution in [1.29, 1.82) is 0 Å². The molecule has 1 N–H and O–H groups in total. The van der Waals surface area contributed by atoms with Gasteiger partial charge in [0.2, 0.25) is 0 Å². The Morgan fingerprint density at radius 3 is 2.28 bits per heavy atom. The largest absolute Gasteiger partial charge is 0.449 e. The SMILES string of the molecule is C=CCNC(=O)[C@H](C)OC(=O)c1ccc(N(C)S(=O)(=O)c2ccc(C)cc2)cc1. The molecule has 0 radical (unpaired) electrons. The summed E-state index contributed by atoms with van der Waals surface area (Å²) in [5.41, 5.74) is 1.55. The van der Waals surface area contributed by atoms with Crippen LogP contribution in [-0.2, 0) is 19.6 Å². The molecule has 1 atom stereocenters. The van der Waals surface area contributed by atoms with Gasteiger partial charge in [-0.05, 0) is 50.2 Å². The fraction of sp³-hybridized carbons (Fsp3) is 0.238. The molecule has 2 aromatic rings. The minimum atomic E-state index is -3.72. The first kappa shape index (κ1) is 22.2. The van der Waals surface area contributed by atoms with E-state index in [4.69, 9.17) is 4.74 Å². The van der Waals surface area contributed by atoms with Crippen LogP contribution in [0.5, 0.6) is 0 Å². The molecule has 0 aliphatic heterocycles. The van der Waals surface area contributed by atoms with E-state index in [9.17, 15) is 18.0 Å². The number of anilines is 1. The van der Waals surface area contributed by atoms with Gasteiger partial charge >= 0.3 is 5.97 Å². The van der Waals surface area contributed by atoms with E-state index in [1.165, 1.54) is 44.3 Å². The summed E-state index contributed by atoms with van der Waals surface area (Å²) in [6.45, 7) is 7.11. The van der Waals surface area contributed by atoms with Crippen molar-refractivity contribution >= 4 is 27.6 Å². The Hall–Kier alpha value is -3.13. The Balaban J connectivity index is 2.10. The van der Waals surface area contributed by atoms with Gasteiger partial charge in [0.25, 0.3) is 15.9 Å². The number of nitrogens with one attached hydrogen (secondary N) is 1. The maximum absolute atomic E-state index is 12.8. The average molecular weight is 416 g/mol. The number of benzene rings is 2. The molecule has 154 valence electrons. The molecule has 0 heterocycles. The van der Waals surface area contributed by atoms with Crippen LogP contribution >= 0.6 is 0 Å².